The predicted molar refractivity (Wildman–Crippen MR) is 145 cm³/mol. The van der Waals surface area contributed by atoms with E-state index in [0.717, 1.165) is 35.5 Å². The largest absolute Gasteiger partial charge is 0.368 e. The summed E-state index contributed by atoms with van der Waals surface area (Å²) in [5.74, 6) is -0.166. The first-order chi connectivity index (χ1) is 17.1. The number of aryl methyl sites for hydroxylation is 4. The lowest BCUT2D eigenvalue weighted by atomic mass is 10.1. The van der Waals surface area contributed by atoms with Crippen molar-refractivity contribution in [2.24, 2.45) is 0 Å². The molecule has 0 aliphatic carbocycles. The van der Waals surface area contributed by atoms with Crippen molar-refractivity contribution in [3.63, 3.8) is 0 Å². The van der Waals surface area contributed by atoms with E-state index in [4.69, 9.17) is 0 Å². The fourth-order valence-corrected chi connectivity index (χ4v) is 6.72. The summed E-state index contributed by atoms with van der Waals surface area (Å²) in [5, 5.41) is 0. The maximum Gasteiger partial charge on any atom is 0.244 e. The lowest BCUT2D eigenvalue weighted by Crippen LogP contribution is -2.51. The van der Waals surface area contributed by atoms with Crippen LogP contribution in [0.2, 0.25) is 0 Å². The van der Waals surface area contributed by atoms with Gasteiger partial charge in [0.05, 0.1) is 11.4 Å². The first-order valence-corrected chi connectivity index (χ1v) is 13.8. The summed E-state index contributed by atoms with van der Waals surface area (Å²) in [7, 11) is -3.90. The molecule has 1 saturated heterocycles. The Bertz CT molecular complexity index is 1290. The number of carbonyl (C=O) groups excluding carboxylic acids is 1. The highest BCUT2D eigenvalue weighted by molar-refractivity contribution is 7.89. The van der Waals surface area contributed by atoms with Gasteiger partial charge in [-0.15, -0.1) is 0 Å². The zero-order chi connectivity index (χ0) is 25.9. The number of amides is 1. The third kappa shape index (κ3) is 5.79. The topological polar surface area (TPSA) is 60.9 Å². The number of anilines is 1. The SMILES string of the molecule is Cc1ccc(CN(CC(=O)N2CCN(c3ccccc3)CC2)S(=O)(=O)c2c(C)cc(C)cc2C)cc1. The summed E-state index contributed by atoms with van der Waals surface area (Å²) < 4.78 is 29.3. The van der Waals surface area contributed by atoms with Crippen LogP contribution in [0.1, 0.15) is 27.8 Å². The van der Waals surface area contributed by atoms with Crippen molar-refractivity contribution in [2.45, 2.75) is 39.1 Å². The van der Waals surface area contributed by atoms with Crippen LogP contribution in [-0.2, 0) is 21.4 Å². The average molecular weight is 506 g/mol. The number of rotatable bonds is 7. The second-order valence-electron chi connectivity index (χ2n) is 9.69. The molecule has 0 N–H and O–H groups in total. The molecule has 1 aliphatic heterocycles. The predicted octanol–water partition coefficient (Wildman–Crippen LogP) is 4.46. The number of hydrogen-bond donors (Lipinski definition) is 0. The summed E-state index contributed by atoms with van der Waals surface area (Å²) in [5.41, 5.74) is 5.51. The Hall–Kier alpha value is -3.16. The van der Waals surface area contributed by atoms with Gasteiger partial charge in [-0.25, -0.2) is 8.42 Å². The van der Waals surface area contributed by atoms with Crippen LogP contribution in [0.3, 0.4) is 0 Å². The minimum atomic E-state index is -3.90. The average Bonchev–Trinajstić information content (AvgIpc) is 2.84. The second-order valence-corrected chi connectivity index (χ2v) is 11.6. The highest BCUT2D eigenvalue weighted by atomic mass is 32.2. The Labute approximate surface area is 215 Å². The van der Waals surface area contributed by atoms with Gasteiger partial charge < -0.3 is 9.80 Å². The monoisotopic (exact) mass is 505 g/mol. The van der Waals surface area contributed by atoms with Crippen molar-refractivity contribution >= 4 is 21.6 Å². The molecule has 7 heteroatoms. The molecule has 1 heterocycles. The highest BCUT2D eigenvalue weighted by Crippen LogP contribution is 2.27. The van der Waals surface area contributed by atoms with E-state index in [9.17, 15) is 13.2 Å². The zero-order valence-corrected chi connectivity index (χ0v) is 22.4. The van der Waals surface area contributed by atoms with E-state index in [2.05, 4.69) is 17.0 Å². The van der Waals surface area contributed by atoms with Gasteiger partial charge in [-0.05, 0) is 56.5 Å². The fraction of sp³-hybridized carbons (Fsp3) is 0.345. The molecule has 0 aromatic heterocycles. The summed E-state index contributed by atoms with van der Waals surface area (Å²) in [6.07, 6.45) is 0. The van der Waals surface area contributed by atoms with Crippen LogP contribution in [-0.4, -0.2) is 56.3 Å². The van der Waals surface area contributed by atoms with E-state index in [1.165, 1.54) is 4.31 Å². The number of sulfonamides is 1. The van der Waals surface area contributed by atoms with E-state index in [-0.39, 0.29) is 19.0 Å². The fourth-order valence-electron chi connectivity index (χ4n) is 4.93. The van der Waals surface area contributed by atoms with Gasteiger partial charge in [-0.3, -0.25) is 4.79 Å². The normalized spacial score (nSPS) is 14.4. The third-order valence-corrected chi connectivity index (χ3v) is 8.85. The molecule has 1 amide bonds. The molecule has 0 spiro atoms. The first-order valence-electron chi connectivity index (χ1n) is 12.4. The molecule has 0 unspecified atom stereocenters. The zero-order valence-electron chi connectivity index (χ0n) is 21.6. The molecule has 3 aromatic carbocycles. The smallest absolute Gasteiger partial charge is 0.244 e. The number of nitrogens with zero attached hydrogens (tertiary/aromatic N) is 3. The Morgan fingerprint density at radius 3 is 1.97 bits per heavy atom. The maximum atomic E-state index is 14.0. The van der Waals surface area contributed by atoms with Crippen molar-refractivity contribution in [1.82, 2.24) is 9.21 Å². The van der Waals surface area contributed by atoms with E-state index in [0.29, 0.717) is 29.1 Å². The van der Waals surface area contributed by atoms with Crippen LogP contribution in [0, 0.1) is 27.7 Å². The van der Waals surface area contributed by atoms with Crippen molar-refractivity contribution in [2.75, 3.05) is 37.6 Å². The van der Waals surface area contributed by atoms with Gasteiger partial charge in [0.2, 0.25) is 15.9 Å². The lowest BCUT2D eigenvalue weighted by molar-refractivity contribution is -0.131. The van der Waals surface area contributed by atoms with Crippen LogP contribution in [0.15, 0.2) is 71.6 Å². The molecule has 0 radical (unpaired) electrons. The van der Waals surface area contributed by atoms with Crippen LogP contribution < -0.4 is 4.90 Å². The van der Waals surface area contributed by atoms with Gasteiger partial charge in [-0.2, -0.15) is 4.31 Å². The summed E-state index contributed by atoms with van der Waals surface area (Å²) in [6.45, 7) is 10.1. The third-order valence-electron chi connectivity index (χ3n) is 6.75. The van der Waals surface area contributed by atoms with Gasteiger partial charge >= 0.3 is 0 Å². The molecule has 0 bridgehead atoms. The second kappa shape index (κ2) is 10.8. The van der Waals surface area contributed by atoms with Crippen molar-refractivity contribution in [3.8, 4) is 0 Å². The Balaban J connectivity index is 1.56. The number of para-hydroxylation sites is 1. The minimum absolute atomic E-state index is 0.144. The van der Waals surface area contributed by atoms with Crippen molar-refractivity contribution < 1.29 is 13.2 Å². The Morgan fingerprint density at radius 2 is 1.39 bits per heavy atom. The van der Waals surface area contributed by atoms with Gasteiger partial charge in [0.25, 0.3) is 0 Å². The molecular formula is C29H35N3O3S. The summed E-state index contributed by atoms with van der Waals surface area (Å²) in [4.78, 5) is 17.7. The van der Waals surface area contributed by atoms with Crippen molar-refractivity contribution in [3.05, 3.63) is 94.5 Å². The van der Waals surface area contributed by atoms with Gasteiger partial charge in [0.1, 0.15) is 0 Å². The van der Waals surface area contributed by atoms with Crippen LogP contribution in [0.5, 0.6) is 0 Å². The van der Waals surface area contributed by atoms with Crippen molar-refractivity contribution in [1.29, 1.82) is 0 Å². The number of carbonyl (C=O) groups is 1. The maximum absolute atomic E-state index is 14.0. The quantitative estimate of drug-likeness (QED) is 0.476. The molecule has 3 aromatic rings. The Kier molecular flexibility index (Phi) is 7.81. The molecule has 190 valence electrons. The van der Waals surface area contributed by atoms with Gasteiger partial charge in [0.15, 0.2) is 0 Å². The molecule has 4 rings (SSSR count). The van der Waals surface area contributed by atoms with E-state index >= 15 is 0 Å². The number of hydrogen-bond acceptors (Lipinski definition) is 4. The molecule has 0 saturated carbocycles. The minimum Gasteiger partial charge on any atom is -0.368 e. The lowest BCUT2D eigenvalue weighted by Gasteiger charge is -2.37. The molecular weight excluding hydrogens is 470 g/mol. The van der Waals surface area contributed by atoms with Crippen LogP contribution in [0.25, 0.3) is 0 Å². The van der Waals surface area contributed by atoms with Gasteiger partial charge in [0, 0.05) is 38.4 Å². The first kappa shape index (κ1) is 25.9. The molecule has 0 atom stereocenters. The Morgan fingerprint density at radius 1 is 0.806 bits per heavy atom. The van der Waals surface area contributed by atoms with E-state index in [1.54, 1.807) is 4.90 Å². The number of benzene rings is 3. The van der Waals surface area contributed by atoms with E-state index < -0.39 is 10.0 Å². The molecule has 1 fully saturated rings. The highest BCUT2D eigenvalue weighted by Gasteiger charge is 2.32. The van der Waals surface area contributed by atoms with E-state index in [1.807, 2.05) is 82.3 Å². The van der Waals surface area contributed by atoms with Gasteiger partial charge in [-0.1, -0.05) is 65.7 Å². The summed E-state index contributed by atoms with van der Waals surface area (Å²) >= 11 is 0. The molecule has 36 heavy (non-hydrogen) atoms. The van der Waals surface area contributed by atoms with Crippen LogP contribution in [0.4, 0.5) is 5.69 Å². The van der Waals surface area contributed by atoms with Crippen LogP contribution >= 0.6 is 0 Å². The standard InChI is InChI=1S/C29H35N3O3S/c1-22-10-12-26(13-11-22)20-32(36(34,35)29-24(3)18-23(2)19-25(29)4)21-28(33)31-16-14-30(15-17-31)27-8-6-5-7-9-27/h5-13,18-19H,14-17,20-21H2,1-4H3. The summed E-state index contributed by atoms with van der Waals surface area (Å²) in [6, 6.07) is 21.7. The molecule has 6 nitrogen and oxygen atoms in total. The molecule has 1 aliphatic rings. The number of piperazine rings is 1.